The molecule has 0 bridgehead atoms. The molecule has 1 aliphatic heterocycles. The maximum Gasteiger partial charge on any atom is 0.505 e. The number of fused-ring (bicyclic) bond motifs is 2. The van der Waals surface area contributed by atoms with Gasteiger partial charge in [-0.05, 0) is 209 Å². The monoisotopic (exact) mass is 1100 g/mol. The van der Waals surface area contributed by atoms with E-state index in [9.17, 15) is 0 Å². The number of rotatable bonds is 8. The van der Waals surface area contributed by atoms with Crippen molar-refractivity contribution in [2.45, 2.75) is 146 Å². The van der Waals surface area contributed by atoms with Gasteiger partial charge in [0.25, 0.3) is 0 Å². The van der Waals surface area contributed by atoms with Crippen LogP contribution in [0.4, 0.5) is 0 Å². The first-order valence-electron chi connectivity index (χ1n) is 22.5. The van der Waals surface area contributed by atoms with Crippen LogP contribution in [0.5, 0.6) is 11.5 Å². The van der Waals surface area contributed by atoms with Crippen LogP contribution >= 0.6 is 65.9 Å². The van der Waals surface area contributed by atoms with Crippen molar-refractivity contribution in [3.8, 4) is 32.4 Å². The smallest absolute Gasteiger partial charge is 0.496 e. The Morgan fingerprint density at radius 3 is 1.56 bits per heavy atom. The number of hydrogen-bond acceptors (Lipinski definition) is 8. The zero-order valence-corrected chi connectivity index (χ0v) is 47.5. The minimum absolute atomic E-state index is 0. The molecule has 0 atom stereocenters. The molecule has 1 aliphatic rings. The van der Waals surface area contributed by atoms with E-state index in [0.29, 0.717) is 6.61 Å². The first-order valence-corrected chi connectivity index (χ1v) is 26.8. The number of hydrogen-bond donors (Lipinski definition) is 0. The van der Waals surface area contributed by atoms with Crippen molar-refractivity contribution in [1.29, 1.82) is 0 Å². The molecule has 1 saturated heterocycles. The molecule has 4 heterocycles. The van der Waals surface area contributed by atoms with Crippen LogP contribution in [-0.4, -0.2) is 39.1 Å². The summed E-state index contributed by atoms with van der Waals surface area (Å²) in [7, 11) is 3.21. The van der Waals surface area contributed by atoms with Gasteiger partial charge in [-0.2, -0.15) is 11.3 Å². The molecule has 11 heteroatoms. The van der Waals surface area contributed by atoms with Crippen LogP contribution in [0, 0.1) is 13.8 Å². The number of methoxy groups -OCH3 is 2. The van der Waals surface area contributed by atoms with Crippen LogP contribution in [0.3, 0.4) is 0 Å². The fourth-order valence-corrected chi connectivity index (χ4v) is 12.4. The van der Waals surface area contributed by atoms with Crippen LogP contribution in [-0.2, 0) is 30.5 Å². The highest BCUT2D eigenvalue weighted by molar-refractivity contribution is 9.10. The van der Waals surface area contributed by atoms with Crippen molar-refractivity contribution in [3.63, 3.8) is 0 Å². The van der Waals surface area contributed by atoms with Gasteiger partial charge < -0.3 is 23.5 Å². The lowest BCUT2D eigenvalue weighted by Crippen LogP contribution is -2.41. The van der Waals surface area contributed by atoms with E-state index in [-0.39, 0.29) is 49.6 Å². The molecule has 7 aromatic rings. The molecule has 0 N–H and O–H groups in total. The molecule has 1 fully saturated rings. The first kappa shape index (κ1) is 57.6. The second kappa shape index (κ2) is 22.2. The third-order valence-electron chi connectivity index (χ3n) is 12.6. The molecular formula is C57H75BBr2O5S3. The van der Waals surface area contributed by atoms with Crippen molar-refractivity contribution in [3.05, 3.63) is 120 Å². The summed E-state index contributed by atoms with van der Waals surface area (Å²) in [5.41, 5.74) is 8.25. The summed E-state index contributed by atoms with van der Waals surface area (Å²) < 4.78 is 32.8. The van der Waals surface area contributed by atoms with Crippen molar-refractivity contribution in [1.82, 2.24) is 0 Å². The second-order valence-corrected chi connectivity index (χ2v) is 25.0. The van der Waals surface area contributed by atoms with E-state index in [1.54, 1.807) is 36.9 Å². The quantitative estimate of drug-likeness (QED) is 0.142. The fraction of sp³-hybridized carbons (Fsp3) is 0.439. The zero-order chi connectivity index (χ0) is 48.7. The normalized spacial score (nSPS) is 14.4. The van der Waals surface area contributed by atoms with Gasteiger partial charge in [0.15, 0.2) is 0 Å². The van der Waals surface area contributed by atoms with E-state index < -0.39 is 0 Å². The molecule has 0 unspecified atom stereocenters. The van der Waals surface area contributed by atoms with Gasteiger partial charge in [-0.3, -0.25) is 0 Å². The van der Waals surface area contributed by atoms with Gasteiger partial charge in [0, 0.05) is 36.7 Å². The van der Waals surface area contributed by atoms with E-state index in [1.165, 1.54) is 69.5 Å². The molecule has 8 rings (SSSR count). The van der Waals surface area contributed by atoms with Crippen LogP contribution in [0.2, 0.25) is 0 Å². The third-order valence-corrected chi connectivity index (χ3v) is 17.0. The maximum absolute atomic E-state index is 6.13. The van der Waals surface area contributed by atoms with E-state index in [0.717, 1.165) is 26.0 Å². The first-order chi connectivity index (χ1) is 30.7. The van der Waals surface area contributed by atoms with E-state index in [1.807, 2.05) is 24.3 Å². The average molecular weight is 1110 g/mol. The molecule has 5 nitrogen and oxygen atoms in total. The van der Waals surface area contributed by atoms with E-state index in [2.05, 4.69) is 206 Å². The molecule has 0 spiro atoms. The Bertz CT molecular complexity index is 2800. The number of benzene rings is 4. The molecule has 0 radical (unpaired) electrons. The van der Waals surface area contributed by atoms with Crippen molar-refractivity contribution < 1.29 is 23.5 Å². The lowest BCUT2D eigenvalue weighted by atomic mass is 9.76. The molecule has 3 aromatic heterocycles. The fourth-order valence-electron chi connectivity index (χ4n) is 8.19. The molecule has 0 saturated carbocycles. The lowest BCUT2D eigenvalue weighted by Gasteiger charge is -2.32. The number of ether oxygens (including phenoxy) is 3. The van der Waals surface area contributed by atoms with Gasteiger partial charge in [-0.25, -0.2) is 0 Å². The van der Waals surface area contributed by atoms with Crippen molar-refractivity contribution in [2.75, 3.05) is 20.8 Å². The summed E-state index contributed by atoms with van der Waals surface area (Å²) in [6.45, 7) is 33.2. The van der Waals surface area contributed by atoms with Gasteiger partial charge >= 0.3 is 7.12 Å². The van der Waals surface area contributed by atoms with Gasteiger partial charge in [-0.1, -0.05) is 84.5 Å². The van der Waals surface area contributed by atoms with E-state index in [4.69, 9.17) is 23.5 Å². The van der Waals surface area contributed by atoms with Gasteiger partial charge in [0.1, 0.15) is 11.5 Å². The standard InChI is InChI=1S/C29H34O2S2.C14H23BO2S.C12H10Br2O.2CH4/c1-9-31-29(6,7)24-11-13-33-27(24)22-16-19-14-18(2)21(15-20(19)17-25(22)30-8)26-23(10-12-32-26)28(3,4)5;1-12(2,3)10-8-9-18-11(10)15-16-13(4,5)14(6,7)17-15;1-7-3-8-5-11(14)12(15-2)6-9(8)4-10(7)13;;/h10-17H,9H2,1-8H3;8-9H,1-7H3;3-6H,1-2H3;2*1H4. The van der Waals surface area contributed by atoms with Gasteiger partial charge in [-0.15, -0.1) is 22.7 Å². The largest absolute Gasteiger partial charge is 0.505 e. The van der Waals surface area contributed by atoms with Gasteiger partial charge in [0.05, 0.1) is 35.5 Å². The molecule has 0 aliphatic carbocycles. The highest BCUT2D eigenvalue weighted by Crippen LogP contribution is 2.46. The van der Waals surface area contributed by atoms with Gasteiger partial charge in [0.2, 0.25) is 0 Å². The summed E-state index contributed by atoms with van der Waals surface area (Å²) in [5.74, 6) is 1.76. The third kappa shape index (κ3) is 12.4. The zero-order valence-electron chi connectivity index (χ0n) is 41.9. The number of thiophene rings is 3. The predicted octanol–water partition coefficient (Wildman–Crippen LogP) is 18.5. The Morgan fingerprint density at radius 1 is 0.559 bits per heavy atom. The lowest BCUT2D eigenvalue weighted by molar-refractivity contribution is -0.0133. The second-order valence-electron chi connectivity index (χ2n) is 20.6. The highest BCUT2D eigenvalue weighted by Gasteiger charge is 2.53. The van der Waals surface area contributed by atoms with Crippen molar-refractivity contribution in [2.24, 2.45) is 0 Å². The summed E-state index contributed by atoms with van der Waals surface area (Å²) >= 11 is 12.3. The highest BCUT2D eigenvalue weighted by atomic mass is 79.9. The molecule has 68 heavy (non-hydrogen) atoms. The minimum atomic E-state index is -0.355. The SMILES string of the molecule is C.C.CC(C)(C)c1ccsc1B1OC(C)(C)C(C)(C)O1.CCOC(C)(C)c1ccsc1-c1cc2cc(C)c(-c3sccc3C(C)(C)C)cc2cc1OC.COc1cc2cc(Br)c(C)cc2cc1Br. The molecule has 0 amide bonds. The number of halogens is 2. The van der Waals surface area contributed by atoms with Crippen LogP contribution < -0.4 is 14.3 Å². The Balaban J connectivity index is 0.000000243. The molecule has 368 valence electrons. The Hall–Kier alpha value is -3.00. The van der Waals surface area contributed by atoms with Crippen molar-refractivity contribution >= 4 is 99.3 Å². The predicted molar refractivity (Wildman–Crippen MR) is 308 cm³/mol. The summed E-state index contributed by atoms with van der Waals surface area (Å²) in [4.78, 5) is 2.58. The summed E-state index contributed by atoms with van der Waals surface area (Å²) in [6.07, 6.45) is 0. The Morgan fingerprint density at radius 2 is 1.00 bits per heavy atom. The van der Waals surface area contributed by atoms with E-state index >= 15 is 0 Å². The van der Waals surface area contributed by atoms with Crippen LogP contribution in [0.15, 0.2) is 91.8 Å². The van der Waals surface area contributed by atoms with Crippen LogP contribution in [0.1, 0.15) is 133 Å². The average Bonchev–Trinajstić information content (AvgIpc) is 4.05. The molecule has 4 aromatic carbocycles. The maximum atomic E-state index is 6.13. The summed E-state index contributed by atoms with van der Waals surface area (Å²) in [5, 5.41) is 11.3. The number of aryl methyl sites for hydroxylation is 2. The molecular weight excluding hydrogens is 1030 g/mol. The Kier molecular flexibility index (Phi) is 18.8. The minimum Gasteiger partial charge on any atom is -0.496 e. The summed E-state index contributed by atoms with van der Waals surface area (Å²) in [6, 6.07) is 24.1. The topological polar surface area (TPSA) is 46.2 Å². The van der Waals surface area contributed by atoms with Crippen LogP contribution in [0.25, 0.3) is 42.4 Å². The Labute approximate surface area is 438 Å².